The number of nitrogens with zero attached hydrogens (tertiary/aromatic N) is 5. The van der Waals surface area contributed by atoms with Crippen molar-refractivity contribution in [3.05, 3.63) is 49.1 Å². The Hall–Kier alpha value is -4.12. The Balaban J connectivity index is 1.40. The Kier molecular flexibility index (Phi) is 7.50. The van der Waals surface area contributed by atoms with Gasteiger partial charge >= 0.3 is 5.97 Å². The van der Waals surface area contributed by atoms with E-state index >= 15 is 0 Å². The zero-order chi connectivity index (χ0) is 25.6. The van der Waals surface area contributed by atoms with E-state index in [9.17, 15) is 14.7 Å². The SMILES string of the molecule is O=C(O)C1CCC(C(=O)Nc2cc(Nc3cnccn3)nc(-c3ccnc(N4CCNCC4)c3)c2)CC1. The molecule has 1 saturated heterocycles. The molecule has 2 fully saturated rings. The molecule has 1 aliphatic carbocycles. The maximum Gasteiger partial charge on any atom is 0.306 e. The van der Waals surface area contributed by atoms with Crippen LogP contribution in [0.4, 0.5) is 23.1 Å². The Bertz CT molecular complexity index is 1240. The molecule has 4 heterocycles. The number of rotatable bonds is 7. The van der Waals surface area contributed by atoms with E-state index in [1.807, 2.05) is 18.2 Å². The smallest absolute Gasteiger partial charge is 0.306 e. The van der Waals surface area contributed by atoms with Crippen LogP contribution < -0.4 is 20.9 Å². The van der Waals surface area contributed by atoms with Crippen LogP contribution in [0.15, 0.2) is 49.1 Å². The Morgan fingerprint density at radius 2 is 1.73 bits per heavy atom. The number of carboxylic acids is 1. The van der Waals surface area contributed by atoms with Crippen LogP contribution in [0.2, 0.25) is 0 Å². The molecule has 37 heavy (non-hydrogen) atoms. The van der Waals surface area contributed by atoms with Gasteiger partial charge in [0.25, 0.3) is 0 Å². The number of pyridine rings is 2. The summed E-state index contributed by atoms with van der Waals surface area (Å²) in [7, 11) is 0. The standard InChI is InChI=1S/C26H30N8O3/c35-25(17-1-3-18(4-2-17)26(36)37)31-20-14-21(32-22(15-20)33-23-16-28-7-8-29-23)19-5-6-30-24(13-19)34-11-9-27-10-12-34/h5-8,13-18,27H,1-4,9-12H2,(H,36,37)(H2,29,31,32,33,35). The quantitative estimate of drug-likeness (QED) is 0.380. The topological polar surface area (TPSA) is 145 Å². The van der Waals surface area contributed by atoms with Crippen molar-refractivity contribution in [3.63, 3.8) is 0 Å². The van der Waals surface area contributed by atoms with Crippen LogP contribution in [0.25, 0.3) is 11.3 Å². The summed E-state index contributed by atoms with van der Waals surface area (Å²) in [5.74, 6) is 0.460. The van der Waals surface area contributed by atoms with Crippen molar-refractivity contribution < 1.29 is 14.7 Å². The van der Waals surface area contributed by atoms with E-state index in [4.69, 9.17) is 4.98 Å². The maximum atomic E-state index is 13.1. The van der Waals surface area contributed by atoms with Crippen LogP contribution in [0, 0.1) is 11.8 Å². The molecule has 4 N–H and O–H groups in total. The Morgan fingerprint density at radius 3 is 2.46 bits per heavy atom. The predicted octanol–water partition coefficient (Wildman–Crippen LogP) is 2.92. The van der Waals surface area contributed by atoms with Crippen molar-refractivity contribution in [2.24, 2.45) is 11.8 Å². The number of aromatic nitrogens is 4. The summed E-state index contributed by atoms with van der Waals surface area (Å²) in [4.78, 5) is 44.3. The summed E-state index contributed by atoms with van der Waals surface area (Å²) >= 11 is 0. The van der Waals surface area contributed by atoms with Gasteiger partial charge in [-0.15, -0.1) is 0 Å². The normalized spacial score (nSPS) is 19.7. The molecule has 11 nitrogen and oxygen atoms in total. The van der Waals surface area contributed by atoms with Crippen molar-refractivity contribution in [1.29, 1.82) is 0 Å². The molecule has 3 aromatic rings. The van der Waals surface area contributed by atoms with Crippen molar-refractivity contribution in [2.45, 2.75) is 25.7 Å². The molecular formula is C26H30N8O3. The first-order chi connectivity index (χ1) is 18.0. The first-order valence-electron chi connectivity index (χ1n) is 12.6. The number of carboxylic acid groups (broad SMARTS) is 1. The highest BCUT2D eigenvalue weighted by molar-refractivity contribution is 5.94. The van der Waals surface area contributed by atoms with E-state index in [2.05, 4.69) is 35.8 Å². The Labute approximate surface area is 214 Å². The molecule has 5 rings (SSSR count). The third kappa shape index (κ3) is 6.18. The lowest BCUT2D eigenvalue weighted by molar-refractivity contribution is -0.143. The summed E-state index contributed by atoms with van der Waals surface area (Å²) in [6.45, 7) is 3.58. The highest BCUT2D eigenvalue weighted by atomic mass is 16.4. The molecular weight excluding hydrogens is 472 g/mol. The monoisotopic (exact) mass is 502 g/mol. The summed E-state index contributed by atoms with van der Waals surface area (Å²) in [5.41, 5.74) is 2.16. The second-order valence-electron chi connectivity index (χ2n) is 9.36. The molecule has 1 amide bonds. The minimum atomic E-state index is -0.783. The van der Waals surface area contributed by atoms with Crippen molar-refractivity contribution in [1.82, 2.24) is 25.3 Å². The fourth-order valence-electron chi connectivity index (χ4n) is 4.80. The molecule has 0 aromatic carbocycles. The minimum Gasteiger partial charge on any atom is -0.481 e. The number of carbonyl (C=O) groups excluding carboxylic acids is 1. The second kappa shape index (κ2) is 11.3. The van der Waals surface area contributed by atoms with E-state index in [0.717, 1.165) is 37.6 Å². The van der Waals surface area contributed by atoms with Crippen LogP contribution >= 0.6 is 0 Å². The van der Waals surface area contributed by atoms with Gasteiger partial charge in [-0.2, -0.15) is 0 Å². The molecule has 192 valence electrons. The molecule has 0 spiro atoms. The number of amides is 1. The molecule has 1 saturated carbocycles. The van der Waals surface area contributed by atoms with Crippen molar-refractivity contribution in [2.75, 3.05) is 41.7 Å². The number of piperazine rings is 1. The van der Waals surface area contributed by atoms with E-state index in [-0.39, 0.29) is 17.7 Å². The maximum absolute atomic E-state index is 13.1. The molecule has 0 unspecified atom stereocenters. The Morgan fingerprint density at radius 1 is 0.946 bits per heavy atom. The van der Waals surface area contributed by atoms with E-state index in [0.29, 0.717) is 48.7 Å². The van der Waals surface area contributed by atoms with Gasteiger partial charge in [-0.25, -0.2) is 15.0 Å². The number of aliphatic carboxylic acids is 1. The van der Waals surface area contributed by atoms with Gasteiger partial charge in [0.2, 0.25) is 5.91 Å². The zero-order valence-electron chi connectivity index (χ0n) is 20.4. The average molecular weight is 503 g/mol. The molecule has 11 heteroatoms. The fourth-order valence-corrected chi connectivity index (χ4v) is 4.80. The van der Waals surface area contributed by atoms with Gasteiger partial charge < -0.3 is 26.0 Å². The van der Waals surface area contributed by atoms with Gasteiger partial charge in [-0.3, -0.25) is 14.6 Å². The van der Waals surface area contributed by atoms with E-state index in [1.165, 1.54) is 0 Å². The number of carbonyl (C=O) groups is 2. The predicted molar refractivity (Wildman–Crippen MR) is 140 cm³/mol. The van der Waals surface area contributed by atoms with Crippen LogP contribution in [0.1, 0.15) is 25.7 Å². The fraction of sp³-hybridized carbons (Fsp3) is 0.385. The largest absolute Gasteiger partial charge is 0.481 e. The van der Waals surface area contributed by atoms with Gasteiger partial charge in [0.15, 0.2) is 0 Å². The third-order valence-electron chi connectivity index (χ3n) is 6.84. The molecule has 1 aliphatic heterocycles. The summed E-state index contributed by atoms with van der Waals surface area (Å²) in [5, 5.41) is 18.8. The highest BCUT2D eigenvalue weighted by Gasteiger charge is 2.30. The minimum absolute atomic E-state index is 0.109. The highest BCUT2D eigenvalue weighted by Crippen LogP contribution is 2.31. The molecule has 3 aromatic heterocycles. The third-order valence-corrected chi connectivity index (χ3v) is 6.84. The van der Waals surface area contributed by atoms with Gasteiger partial charge in [0.1, 0.15) is 17.5 Å². The number of anilines is 4. The summed E-state index contributed by atoms with van der Waals surface area (Å²) < 4.78 is 0. The van der Waals surface area contributed by atoms with Crippen LogP contribution in [-0.2, 0) is 9.59 Å². The summed E-state index contributed by atoms with van der Waals surface area (Å²) in [6, 6.07) is 7.52. The lowest BCUT2D eigenvalue weighted by Gasteiger charge is -2.28. The first kappa shape index (κ1) is 24.6. The van der Waals surface area contributed by atoms with Crippen LogP contribution in [0.5, 0.6) is 0 Å². The number of nitrogens with one attached hydrogen (secondary N) is 3. The molecule has 0 radical (unpaired) electrons. The van der Waals surface area contributed by atoms with Crippen molar-refractivity contribution >= 4 is 35.0 Å². The molecule has 2 aliphatic rings. The van der Waals surface area contributed by atoms with Gasteiger partial charge in [0, 0.05) is 68.0 Å². The van der Waals surface area contributed by atoms with E-state index < -0.39 is 5.97 Å². The number of hydrogen-bond acceptors (Lipinski definition) is 9. The average Bonchev–Trinajstić information content (AvgIpc) is 2.94. The van der Waals surface area contributed by atoms with Crippen molar-refractivity contribution in [3.8, 4) is 11.3 Å². The van der Waals surface area contributed by atoms with Gasteiger partial charge in [0.05, 0.1) is 17.8 Å². The second-order valence-corrected chi connectivity index (χ2v) is 9.36. The van der Waals surface area contributed by atoms with Gasteiger partial charge in [-0.1, -0.05) is 0 Å². The molecule has 0 atom stereocenters. The lowest BCUT2D eigenvalue weighted by atomic mass is 9.81. The summed E-state index contributed by atoms with van der Waals surface area (Å²) in [6.07, 6.45) is 8.70. The van der Waals surface area contributed by atoms with Crippen LogP contribution in [-0.4, -0.2) is 63.1 Å². The lowest BCUT2D eigenvalue weighted by Crippen LogP contribution is -2.43. The van der Waals surface area contributed by atoms with Crippen LogP contribution in [0.3, 0.4) is 0 Å². The van der Waals surface area contributed by atoms with E-state index in [1.54, 1.807) is 30.9 Å². The molecule has 0 bridgehead atoms. The first-order valence-corrected chi connectivity index (χ1v) is 12.6. The zero-order valence-corrected chi connectivity index (χ0v) is 20.4. The number of hydrogen-bond donors (Lipinski definition) is 4. The van der Waals surface area contributed by atoms with Gasteiger partial charge in [-0.05, 0) is 43.9 Å².